The van der Waals surface area contributed by atoms with Gasteiger partial charge in [-0.25, -0.2) is 4.98 Å². The van der Waals surface area contributed by atoms with Crippen LogP contribution in [-0.4, -0.2) is 15.7 Å². The Hall–Kier alpha value is -2.28. The number of aryl methyl sites for hydroxylation is 2. The minimum absolute atomic E-state index is 0.0118. The van der Waals surface area contributed by atoms with Crippen LogP contribution in [-0.2, 0) is 0 Å². The number of anilines is 2. The lowest BCUT2D eigenvalue weighted by Crippen LogP contribution is -1.97. The van der Waals surface area contributed by atoms with Gasteiger partial charge in [-0.1, -0.05) is 17.4 Å². The van der Waals surface area contributed by atoms with Crippen molar-refractivity contribution in [1.29, 1.82) is 0 Å². The van der Waals surface area contributed by atoms with E-state index in [1.165, 1.54) is 24.3 Å². The molecule has 0 spiro atoms. The van der Waals surface area contributed by atoms with E-state index in [0.717, 1.165) is 5.56 Å². The number of thiazole rings is 1. The van der Waals surface area contributed by atoms with Crippen LogP contribution in [0.2, 0.25) is 0 Å². The third-order valence-corrected chi connectivity index (χ3v) is 3.88. The number of carbonyl (C=O) groups is 1. The largest absolute Gasteiger partial charge is 0.326 e. The van der Waals surface area contributed by atoms with Gasteiger partial charge in [0.25, 0.3) is 5.69 Å². The number of benzene rings is 1. The van der Waals surface area contributed by atoms with Crippen molar-refractivity contribution >= 4 is 33.6 Å². The van der Waals surface area contributed by atoms with Crippen LogP contribution in [0.5, 0.6) is 0 Å². The quantitative estimate of drug-likeness (QED) is 0.528. The number of Topliss-reactive ketones (excluding diaryl/α,β-unsaturated/α-hetero) is 1. The van der Waals surface area contributed by atoms with Gasteiger partial charge in [-0.2, -0.15) is 0 Å². The van der Waals surface area contributed by atoms with E-state index < -0.39 is 4.92 Å². The van der Waals surface area contributed by atoms with Crippen molar-refractivity contribution in [2.24, 2.45) is 0 Å². The number of rotatable bonds is 4. The molecule has 104 valence electrons. The van der Waals surface area contributed by atoms with Crippen LogP contribution in [0.25, 0.3) is 0 Å². The second-order valence-electron chi connectivity index (χ2n) is 4.39. The summed E-state index contributed by atoms with van der Waals surface area (Å²) in [4.78, 5) is 26.8. The number of nitrogens with one attached hydrogen (secondary N) is 1. The second kappa shape index (κ2) is 5.38. The molecule has 0 fully saturated rings. The molecule has 1 N–H and O–H groups in total. The van der Waals surface area contributed by atoms with Crippen LogP contribution in [0, 0.1) is 24.0 Å². The van der Waals surface area contributed by atoms with Crippen LogP contribution >= 0.6 is 11.3 Å². The van der Waals surface area contributed by atoms with E-state index in [-0.39, 0.29) is 11.5 Å². The molecular formula is C13H13N3O3S. The fourth-order valence-electron chi connectivity index (χ4n) is 1.79. The standard InChI is InChI=1S/C13H13N3O3S/c1-7-4-5-10(11(6-7)16(18)19)15-13-14-8(2)12(20-13)9(3)17/h4-6H,1-3H3,(H,14,15). The van der Waals surface area contributed by atoms with Gasteiger partial charge < -0.3 is 5.32 Å². The Morgan fingerprint density at radius 3 is 2.65 bits per heavy atom. The summed E-state index contributed by atoms with van der Waals surface area (Å²) in [6.07, 6.45) is 0. The smallest absolute Gasteiger partial charge is 0.292 e. The summed E-state index contributed by atoms with van der Waals surface area (Å²) in [7, 11) is 0. The highest BCUT2D eigenvalue weighted by Gasteiger charge is 2.17. The van der Waals surface area contributed by atoms with Gasteiger partial charge in [-0.05, 0) is 25.5 Å². The minimum atomic E-state index is -0.443. The predicted molar refractivity (Wildman–Crippen MR) is 78.0 cm³/mol. The van der Waals surface area contributed by atoms with Gasteiger partial charge in [-0.3, -0.25) is 14.9 Å². The molecule has 6 nitrogen and oxygen atoms in total. The van der Waals surface area contributed by atoms with Crippen molar-refractivity contribution in [1.82, 2.24) is 4.98 Å². The summed E-state index contributed by atoms with van der Waals surface area (Å²) in [6.45, 7) is 5.00. The lowest BCUT2D eigenvalue weighted by molar-refractivity contribution is -0.384. The first-order valence-electron chi connectivity index (χ1n) is 5.89. The third-order valence-electron chi connectivity index (χ3n) is 2.71. The maximum Gasteiger partial charge on any atom is 0.292 e. The van der Waals surface area contributed by atoms with E-state index in [0.29, 0.717) is 21.4 Å². The molecule has 0 bridgehead atoms. The zero-order valence-corrected chi connectivity index (χ0v) is 12.1. The molecule has 2 rings (SSSR count). The molecule has 0 saturated carbocycles. The highest BCUT2D eigenvalue weighted by atomic mass is 32.1. The molecule has 1 aromatic heterocycles. The molecule has 1 aromatic carbocycles. The van der Waals surface area contributed by atoms with Crippen LogP contribution in [0.3, 0.4) is 0 Å². The molecule has 20 heavy (non-hydrogen) atoms. The Morgan fingerprint density at radius 2 is 2.10 bits per heavy atom. The number of nitro benzene ring substituents is 1. The van der Waals surface area contributed by atoms with Gasteiger partial charge in [-0.15, -0.1) is 0 Å². The van der Waals surface area contributed by atoms with Gasteiger partial charge in [0.2, 0.25) is 0 Å². The van der Waals surface area contributed by atoms with E-state index >= 15 is 0 Å². The van der Waals surface area contributed by atoms with Gasteiger partial charge in [0.05, 0.1) is 15.5 Å². The average Bonchev–Trinajstić information content (AvgIpc) is 2.72. The Morgan fingerprint density at radius 1 is 1.40 bits per heavy atom. The molecule has 1 heterocycles. The van der Waals surface area contributed by atoms with Crippen molar-refractivity contribution in [2.75, 3.05) is 5.32 Å². The van der Waals surface area contributed by atoms with Crippen LogP contribution in [0.15, 0.2) is 18.2 Å². The molecule has 7 heteroatoms. The SMILES string of the molecule is CC(=O)c1sc(Nc2ccc(C)cc2[N+](=O)[O-])nc1C. The van der Waals surface area contributed by atoms with Gasteiger partial charge in [0, 0.05) is 13.0 Å². The van der Waals surface area contributed by atoms with Crippen molar-refractivity contribution in [3.05, 3.63) is 44.4 Å². The number of ketones is 1. The van der Waals surface area contributed by atoms with Crippen molar-refractivity contribution < 1.29 is 9.72 Å². The van der Waals surface area contributed by atoms with Crippen molar-refractivity contribution in [3.63, 3.8) is 0 Å². The summed E-state index contributed by atoms with van der Waals surface area (Å²) in [6, 6.07) is 4.91. The number of nitro groups is 1. The summed E-state index contributed by atoms with van der Waals surface area (Å²) < 4.78 is 0. The summed E-state index contributed by atoms with van der Waals surface area (Å²) >= 11 is 1.19. The number of nitrogens with zero attached hydrogens (tertiary/aromatic N) is 2. The van der Waals surface area contributed by atoms with Crippen molar-refractivity contribution in [2.45, 2.75) is 20.8 Å². The highest BCUT2D eigenvalue weighted by Crippen LogP contribution is 2.31. The number of aromatic nitrogens is 1. The molecule has 0 atom stereocenters. The fourth-order valence-corrected chi connectivity index (χ4v) is 2.66. The lowest BCUT2D eigenvalue weighted by Gasteiger charge is -2.04. The lowest BCUT2D eigenvalue weighted by atomic mass is 10.2. The molecule has 0 aliphatic rings. The first-order chi connectivity index (χ1) is 9.38. The predicted octanol–water partition coefficient (Wildman–Crippen LogP) is 3.61. The Kier molecular flexibility index (Phi) is 3.80. The Balaban J connectivity index is 2.37. The maximum absolute atomic E-state index is 11.4. The molecule has 0 aliphatic heterocycles. The first-order valence-corrected chi connectivity index (χ1v) is 6.70. The summed E-state index contributed by atoms with van der Waals surface area (Å²) in [5.41, 5.74) is 1.79. The first kappa shape index (κ1) is 14.1. The van der Waals surface area contributed by atoms with E-state index in [2.05, 4.69) is 10.3 Å². The average molecular weight is 291 g/mol. The molecule has 0 amide bonds. The van der Waals surface area contributed by atoms with E-state index in [4.69, 9.17) is 0 Å². The molecule has 0 aliphatic carbocycles. The zero-order chi connectivity index (χ0) is 14.9. The third kappa shape index (κ3) is 2.83. The summed E-state index contributed by atoms with van der Waals surface area (Å²) in [5, 5.41) is 14.4. The molecule has 0 radical (unpaired) electrons. The van der Waals surface area contributed by atoms with Crippen molar-refractivity contribution in [3.8, 4) is 0 Å². The Labute approximate surface area is 119 Å². The highest BCUT2D eigenvalue weighted by molar-refractivity contribution is 7.17. The normalized spacial score (nSPS) is 10.3. The molecule has 0 unspecified atom stereocenters. The molecule has 0 saturated heterocycles. The minimum Gasteiger partial charge on any atom is -0.326 e. The molecular weight excluding hydrogens is 278 g/mol. The second-order valence-corrected chi connectivity index (χ2v) is 5.39. The fraction of sp³-hybridized carbons (Fsp3) is 0.231. The topological polar surface area (TPSA) is 85.1 Å². The summed E-state index contributed by atoms with van der Waals surface area (Å²) in [5.74, 6) is -0.0635. The Bertz CT molecular complexity index is 694. The number of hydrogen-bond acceptors (Lipinski definition) is 6. The number of hydrogen-bond donors (Lipinski definition) is 1. The van der Waals surface area contributed by atoms with Crippen LogP contribution < -0.4 is 5.32 Å². The maximum atomic E-state index is 11.4. The number of carbonyl (C=O) groups excluding carboxylic acids is 1. The monoisotopic (exact) mass is 291 g/mol. The van der Waals surface area contributed by atoms with E-state index in [1.54, 1.807) is 26.0 Å². The van der Waals surface area contributed by atoms with Crippen LogP contribution in [0.4, 0.5) is 16.5 Å². The van der Waals surface area contributed by atoms with E-state index in [1.807, 2.05) is 0 Å². The van der Waals surface area contributed by atoms with Gasteiger partial charge >= 0.3 is 0 Å². The van der Waals surface area contributed by atoms with Gasteiger partial charge in [0.15, 0.2) is 10.9 Å². The molecule has 2 aromatic rings. The van der Waals surface area contributed by atoms with E-state index in [9.17, 15) is 14.9 Å². The van der Waals surface area contributed by atoms with Gasteiger partial charge in [0.1, 0.15) is 5.69 Å². The van der Waals surface area contributed by atoms with Crippen LogP contribution in [0.1, 0.15) is 27.9 Å². The zero-order valence-electron chi connectivity index (χ0n) is 11.3.